The van der Waals surface area contributed by atoms with Crippen molar-refractivity contribution in [1.82, 2.24) is 0 Å². The van der Waals surface area contributed by atoms with Crippen LogP contribution in [0.2, 0.25) is 0 Å². The van der Waals surface area contributed by atoms with Gasteiger partial charge in [-0.3, -0.25) is 4.79 Å². The van der Waals surface area contributed by atoms with Crippen molar-refractivity contribution in [2.75, 3.05) is 5.75 Å². The fourth-order valence-electron chi connectivity index (χ4n) is 3.32. The van der Waals surface area contributed by atoms with Crippen LogP contribution in [0.3, 0.4) is 0 Å². The van der Waals surface area contributed by atoms with Gasteiger partial charge in [0.1, 0.15) is 5.78 Å². The van der Waals surface area contributed by atoms with Crippen LogP contribution >= 0.6 is 0 Å². The first kappa shape index (κ1) is 10.3. The Morgan fingerprint density at radius 1 is 1.57 bits per heavy atom. The van der Waals surface area contributed by atoms with Crippen LogP contribution < -0.4 is 0 Å². The lowest BCUT2D eigenvalue weighted by molar-refractivity contribution is -0.128. The average Bonchev–Trinajstić information content (AvgIpc) is 2.36. The monoisotopic (exact) mass is 216 g/mol. The molecule has 14 heavy (non-hydrogen) atoms. The zero-order valence-corrected chi connectivity index (χ0v) is 9.39. The van der Waals surface area contributed by atoms with Crippen LogP contribution in [0.1, 0.15) is 33.1 Å². The van der Waals surface area contributed by atoms with E-state index in [0.29, 0.717) is 12.3 Å². The maximum absolute atomic E-state index is 11.9. The molecule has 2 bridgehead atoms. The van der Waals surface area contributed by atoms with Gasteiger partial charge in [0.2, 0.25) is 0 Å². The van der Waals surface area contributed by atoms with Crippen LogP contribution in [-0.4, -0.2) is 20.3 Å². The molecule has 0 heterocycles. The SMILES string of the molecule is CC1(C)[C@@H]2CC[C@@]1(CS(=O)O)C(=O)C2. The normalized spacial score (nSPS) is 41.6. The summed E-state index contributed by atoms with van der Waals surface area (Å²) in [6, 6.07) is 0. The van der Waals surface area contributed by atoms with E-state index >= 15 is 0 Å². The fourth-order valence-corrected chi connectivity index (χ4v) is 4.42. The van der Waals surface area contributed by atoms with Gasteiger partial charge in [0, 0.05) is 11.8 Å². The number of hydrogen-bond acceptors (Lipinski definition) is 2. The van der Waals surface area contributed by atoms with Gasteiger partial charge in [-0.1, -0.05) is 13.8 Å². The minimum atomic E-state index is -1.86. The Morgan fingerprint density at radius 3 is 2.57 bits per heavy atom. The van der Waals surface area contributed by atoms with E-state index in [0.717, 1.165) is 12.8 Å². The van der Waals surface area contributed by atoms with Crippen LogP contribution in [-0.2, 0) is 15.9 Å². The molecule has 2 saturated carbocycles. The van der Waals surface area contributed by atoms with Gasteiger partial charge in [-0.2, -0.15) is 0 Å². The van der Waals surface area contributed by atoms with Gasteiger partial charge in [-0.05, 0) is 24.2 Å². The molecule has 1 N–H and O–H groups in total. The van der Waals surface area contributed by atoms with Crippen LogP contribution in [0.4, 0.5) is 0 Å². The molecule has 80 valence electrons. The highest BCUT2D eigenvalue weighted by molar-refractivity contribution is 7.79. The third-order valence-electron chi connectivity index (χ3n) is 4.51. The summed E-state index contributed by atoms with van der Waals surface area (Å²) in [5, 5.41) is 0. The van der Waals surface area contributed by atoms with E-state index in [1.807, 2.05) is 0 Å². The molecule has 0 radical (unpaired) electrons. The topological polar surface area (TPSA) is 54.4 Å². The van der Waals surface area contributed by atoms with E-state index in [2.05, 4.69) is 13.8 Å². The van der Waals surface area contributed by atoms with Gasteiger partial charge in [0.05, 0.1) is 5.75 Å². The number of fused-ring (bicyclic) bond motifs is 2. The van der Waals surface area contributed by atoms with Crippen LogP contribution in [0.25, 0.3) is 0 Å². The molecule has 2 fully saturated rings. The van der Waals surface area contributed by atoms with E-state index in [4.69, 9.17) is 4.55 Å². The van der Waals surface area contributed by atoms with Crippen molar-refractivity contribution in [2.24, 2.45) is 16.7 Å². The first-order valence-corrected chi connectivity index (χ1v) is 6.28. The minimum absolute atomic E-state index is 0.0809. The molecule has 2 aliphatic carbocycles. The van der Waals surface area contributed by atoms with Crippen molar-refractivity contribution in [3.63, 3.8) is 0 Å². The highest BCUT2D eigenvalue weighted by Gasteiger charge is 2.64. The zero-order chi connectivity index (χ0) is 10.6. The van der Waals surface area contributed by atoms with Crippen LogP contribution in [0.15, 0.2) is 0 Å². The van der Waals surface area contributed by atoms with E-state index in [-0.39, 0.29) is 17.0 Å². The highest BCUT2D eigenvalue weighted by Crippen LogP contribution is 2.63. The molecular formula is C10H16O3S. The molecule has 2 rings (SSSR count). The molecule has 1 unspecified atom stereocenters. The second-order valence-electron chi connectivity index (χ2n) is 5.13. The maximum atomic E-state index is 11.9. The summed E-state index contributed by atoms with van der Waals surface area (Å²) in [6.07, 6.45) is 2.45. The van der Waals surface area contributed by atoms with E-state index in [1.54, 1.807) is 0 Å². The third-order valence-corrected chi connectivity index (χ3v) is 5.25. The highest BCUT2D eigenvalue weighted by atomic mass is 32.2. The lowest BCUT2D eigenvalue weighted by atomic mass is 9.70. The lowest BCUT2D eigenvalue weighted by Crippen LogP contribution is -2.40. The van der Waals surface area contributed by atoms with Crippen molar-refractivity contribution in [1.29, 1.82) is 0 Å². The summed E-state index contributed by atoms with van der Waals surface area (Å²) >= 11 is -1.86. The second kappa shape index (κ2) is 2.89. The average molecular weight is 216 g/mol. The van der Waals surface area contributed by atoms with Crippen molar-refractivity contribution in [3.8, 4) is 0 Å². The number of Topliss-reactive ketones (excluding diaryl/α,β-unsaturated/α-hetero) is 1. The van der Waals surface area contributed by atoms with Gasteiger partial charge < -0.3 is 4.55 Å². The molecule has 0 saturated heterocycles. The summed E-state index contributed by atoms with van der Waals surface area (Å²) in [7, 11) is 0. The van der Waals surface area contributed by atoms with Gasteiger partial charge in [0.25, 0.3) is 0 Å². The Hall–Kier alpha value is -0.220. The Balaban J connectivity index is 2.39. The molecule has 3 nitrogen and oxygen atoms in total. The first-order valence-electron chi connectivity index (χ1n) is 5.01. The van der Waals surface area contributed by atoms with Gasteiger partial charge in [-0.15, -0.1) is 0 Å². The van der Waals surface area contributed by atoms with Crippen LogP contribution in [0.5, 0.6) is 0 Å². The Morgan fingerprint density at radius 2 is 2.21 bits per heavy atom. The minimum Gasteiger partial charge on any atom is -0.306 e. The Kier molecular flexibility index (Phi) is 2.13. The van der Waals surface area contributed by atoms with E-state index in [1.165, 1.54) is 0 Å². The molecule has 3 atom stereocenters. The molecule has 0 amide bonds. The zero-order valence-electron chi connectivity index (χ0n) is 8.58. The van der Waals surface area contributed by atoms with Crippen LogP contribution in [0, 0.1) is 16.7 Å². The summed E-state index contributed by atoms with van der Waals surface area (Å²) in [6.45, 7) is 4.14. The third kappa shape index (κ3) is 1.07. The largest absolute Gasteiger partial charge is 0.306 e. The summed E-state index contributed by atoms with van der Waals surface area (Å²) in [5.74, 6) is 0.773. The Labute approximate surface area is 86.6 Å². The molecular weight excluding hydrogens is 200 g/mol. The number of carbonyl (C=O) groups excluding carboxylic acids is 1. The summed E-state index contributed by atoms with van der Waals surface area (Å²) < 4.78 is 19.9. The predicted molar refractivity (Wildman–Crippen MR) is 54.2 cm³/mol. The second-order valence-corrected chi connectivity index (χ2v) is 6.06. The van der Waals surface area contributed by atoms with Gasteiger partial charge >= 0.3 is 0 Å². The summed E-state index contributed by atoms with van der Waals surface area (Å²) in [4.78, 5) is 11.9. The van der Waals surface area contributed by atoms with Crippen molar-refractivity contribution >= 4 is 16.9 Å². The number of ketones is 1. The van der Waals surface area contributed by atoms with Gasteiger partial charge in [0.15, 0.2) is 11.1 Å². The van der Waals surface area contributed by atoms with Crippen molar-refractivity contribution < 1.29 is 13.6 Å². The number of carbonyl (C=O) groups is 1. The molecule has 0 aromatic rings. The summed E-state index contributed by atoms with van der Waals surface area (Å²) in [5.41, 5.74) is -0.584. The lowest BCUT2D eigenvalue weighted by Gasteiger charge is -2.35. The number of hydrogen-bond donors (Lipinski definition) is 1. The molecule has 0 aromatic heterocycles. The molecule has 0 aliphatic heterocycles. The molecule has 4 heteroatoms. The maximum Gasteiger partial charge on any atom is 0.153 e. The smallest absolute Gasteiger partial charge is 0.153 e. The standard InChI is InChI=1S/C10H16O3S/c1-9(2)7-3-4-10(9,6-14(12)13)8(11)5-7/h7H,3-6H2,1-2H3,(H,12,13)/t7-,10-/m1/s1. The molecule has 2 aliphatic rings. The molecule has 0 spiro atoms. The predicted octanol–water partition coefficient (Wildman–Crippen LogP) is 1.60. The quantitative estimate of drug-likeness (QED) is 0.713. The number of rotatable bonds is 2. The van der Waals surface area contributed by atoms with E-state index in [9.17, 15) is 9.00 Å². The molecule has 0 aromatic carbocycles. The van der Waals surface area contributed by atoms with E-state index < -0.39 is 16.5 Å². The Bertz CT molecular complexity index is 310. The van der Waals surface area contributed by atoms with Crippen molar-refractivity contribution in [3.05, 3.63) is 0 Å². The fraction of sp³-hybridized carbons (Fsp3) is 0.900. The van der Waals surface area contributed by atoms with Crippen molar-refractivity contribution in [2.45, 2.75) is 33.1 Å². The van der Waals surface area contributed by atoms with Gasteiger partial charge in [-0.25, -0.2) is 4.21 Å². The first-order chi connectivity index (χ1) is 6.40.